The second-order valence-corrected chi connectivity index (χ2v) is 10.7. The molecule has 1 aliphatic rings. The van der Waals surface area contributed by atoms with E-state index in [9.17, 15) is 23.2 Å². The summed E-state index contributed by atoms with van der Waals surface area (Å²) in [6.45, 7) is 5.46. The average molecular weight is 484 g/mol. The molecule has 1 heterocycles. The van der Waals surface area contributed by atoms with Gasteiger partial charge in [-0.3, -0.25) is 14.8 Å². The molecule has 0 aromatic heterocycles. The summed E-state index contributed by atoms with van der Waals surface area (Å²) in [6, 6.07) is 6.05. The van der Waals surface area contributed by atoms with Crippen LogP contribution in [0.4, 0.5) is 0 Å². The van der Waals surface area contributed by atoms with Crippen LogP contribution >= 0.6 is 0 Å². The van der Waals surface area contributed by atoms with Gasteiger partial charge < -0.3 is 9.64 Å². The molecule has 1 aromatic rings. The minimum absolute atomic E-state index is 0.0594. The Morgan fingerprint density at radius 1 is 1.09 bits per heavy atom. The van der Waals surface area contributed by atoms with Crippen molar-refractivity contribution in [1.82, 2.24) is 15.1 Å². The fourth-order valence-electron chi connectivity index (χ4n) is 4.26. The topological polar surface area (TPSA) is 125 Å². The van der Waals surface area contributed by atoms with Gasteiger partial charge in [-0.15, -0.1) is 0 Å². The number of likely N-dealkylation sites (tertiary alicyclic amines) is 1. The molecule has 0 unspecified atom stereocenters. The summed E-state index contributed by atoms with van der Waals surface area (Å²) in [6.07, 6.45) is 4.12. The van der Waals surface area contributed by atoms with Gasteiger partial charge in [-0.1, -0.05) is 13.8 Å². The maximum atomic E-state index is 13.3. The van der Waals surface area contributed by atoms with Crippen molar-refractivity contribution in [2.24, 2.45) is 17.8 Å². The number of piperidine rings is 1. The van der Waals surface area contributed by atoms with E-state index in [0.717, 1.165) is 19.3 Å². The van der Waals surface area contributed by atoms with E-state index >= 15 is 0 Å². The molecule has 1 aromatic carbocycles. The zero-order valence-electron chi connectivity index (χ0n) is 19.7. The maximum Gasteiger partial charge on any atom is 0.247 e. The number of carbonyl (C=O) groups excluding carboxylic acids is 2. The fourth-order valence-corrected chi connectivity index (χ4v) is 5.33. The predicted octanol–water partition coefficient (Wildman–Crippen LogP) is 2.55. The largest absolute Gasteiger partial charge is 0.497 e. The number of methoxy groups -OCH3 is 1. The highest BCUT2D eigenvalue weighted by Gasteiger charge is 2.36. The third-order valence-electron chi connectivity index (χ3n) is 6.00. The molecule has 0 aliphatic carbocycles. The third-order valence-corrected chi connectivity index (χ3v) is 7.47. The van der Waals surface area contributed by atoms with Crippen LogP contribution in [0.1, 0.15) is 52.4 Å². The Kier molecular flexibility index (Phi) is 10.6. The second-order valence-electron chi connectivity index (χ2n) is 8.92. The molecule has 2 amide bonds. The molecular weight excluding hydrogens is 446 g/mol. The van der Waals surface area contributed by atoms with Gasteiger partial charge in [-0.05, 0) is 68.7 Å². The van der Waals surface area contributed by atoms with Crippen LogP contribution in [-0.4, -0.2) is 57.1 Å². The van der Waals surface area contributed by atoms with E-state index in [1.54, 1.807) is 17.6 Å². The number of rotatable bonds is 12. The molecule has 33 heavy (non-hydrogen) atoms. The first kappa shape index (κ1) is 27.1. The quantitative estimate of drug-likeness (QED) is 0.238. The van der Waals surface area contributed by atoms with Crippen LogP contribution < -0.4 is 14.9 Å². The Balaban J connectivity index is 2.04. The number of hydrogen-bond donors (Lipinski definition) is 3. The van der Waals surface area contributed by atoms with Crippen LogP contribution in [0.15, 0.2) is 29.2 Å². The molecule has 10 heteroatoms. The van der Waals surface area contributed by atoms with E-state index in [-0.39, 0.29) is 29.7 Å². The molecular formula is C23H37N3O6S. The molecule has 2 atom stereocenters. The highest BCUT2D eigenvalue weighted by Crippen LogP contribution is 2.28. The van der Waals surface area contributed by atoms with Crippen molar-refractivity contribution in [1.29, 1.82) is 0 Å². The monoisotopic (exact) mass is 483 g/mol. The molecule has 1 saturated heterocycles. The molecule has 1 fully saturated rings. The van der Waals surface area contributed by atoms with Crippen molar-refractivity contribution >= 4 is 21.8 Å². The van der Waals surface area contributed by atoms with Gasteiger partial charge in [0.05, 0.1) is 23.8 Å². The highest BCUT2D eigenvalue weighted by atomic mass is 32.2. The van der Waals surface area contributed by atoms with Crippen molar-refractivity contribution in [2.75, 3.05) is 26.7 Å². The number of ether oxygens (including phenoxy) is 1. The lowest BCUT2D eigenvalue weighted by Crippen LogP contribution is -2.46. The van der Waals surface area contributed by atoms with Gasteiger partial charge in [0.1, 0.15) is 5.75 Å². The molecule has 1 aliphatic heterocycles. The highest BCUT2D eigenvalue weighted by molar-refractivity contribution is 7.89. The number of sulfonamides is 1. The fraction of sp³-hybridized carbons (Fsp3) is 0.652. The summed E-state index contributed by atoms with van der Waals surface area (Å²) >= 11 is 0. The maximum absolute atomic E-state index is 13.3. The first-order chi connectivity index (χ1) is 15.7. The molecule has 186 valence electrons. The smallest absolute Gasteiger partial charge is 0.247 e. The molecule has 9 nitrogen and oxygen atoms in total. The van der Waals surface area contributed by atoms with Crippen LogP contribution in [0.5, 0.6) is 5.75 Å². The van der Waals surface area contributed by atoms with Crippen molar-refractivity contribution < 1.29 is 28.0 Å². The molecule has 0 bridgehead atoms. The number of nitrogens with zero attached hydrogens (tertiary/aromatic N) is 1. The second kappa shape index (κ2) is 12.9. The van der Waals surface area contributed by atoms with Crippen molar-refractivity contribution in [2.45, 2.75) is 57.3 Å². The van der Waals surface area contributed by atoms with E-state index in [4.69, 9.17) is 4.74 Å². The number of carbonyl (C=O) groups is 2. The third kappa shape index (κ3) is 7.97. The predicted molar refractivity (Wildman–Crippen MR) is 124 cm³/mol. The summed E-state index contributed by atoms with van der Waals surface area (Å²) in [5.41, 5.74) is 1.71. The standard InChI is InChI=1S/C23H37N3O6S/c1-17(2)16-21(23(28)26-14-5-4-6-15-26)20(22(27)25-29)8-7-13-24-33(30,31)19-11-9-18(32-3)10-12-19/h9-12,17,20-21,24,29H,4-8,13-16H2,1-3H3,(H,25,27)/t20-,21+/m0/s1. The Hall–Kier alpha value is -2.17. The molecule has 0 saturated carbocycles. The Bertz CT molecular complexity index is 867. The normalized spacial score (nSPS) is 16.3. The number of hydrogen-bond acceptors (Lipinski definition) is 6. The summed E-state index contributed by atoms with van der Waals surface area (Å²) in [7, 11) is -2.21. The van der Waals surface area contributed by atoms with Crippen molar-refractivity contribution in [3.8, 4) is 5.75 Å². The van der Waals surface area contributed by atoms with Gasteiger partial charge in [0.25, 0.3) is 0 Å². The van der Waals surface area contributed by atoms with Gasteiger partial charge in [0, 0.05) is 19.6 Å². The van der Waals surface area contributed by atoms with Gasteiger partial charge in [0.2, 0.25) is 21.8 Å². The summed E-state index contributed by atoms with van der Waals surface area (Å²) in [4.78, 5) is 27.7. The summed E-state index contributed by atoms with van der Waals surface area (Å²) in [5, 5.41) is 9.31. The van der Waals surface area contributed by atoms with E-state index in [1.165, 1.54) is 19.2 Å². The minimum atomic E-state index is -3.71. The lowest BCUT2D eigenvalue weighted by atomic mass is 9.81. The summed E-state index contributed by atoms with van der Waals surface area (Å²) < 4.78 is 32.6. The van der Waals surface area contributed by atoms with Crippen LogP contribution in [0, 0.1) is 17.8 Å². The van der Waals surface area contributed by atoms with E-state index in [0.29, 0.717) is 31.7 Å². The SMILES string of the molecule is COc1ccc(S(=O)(=O)NCCC[C@H](C(=O)NO)[C@@H](CC(C)C)C(=O)N2CCCCC2)cc1. The van der Waals surface area contributed by atoms with E-state index in [1.807, 2.05) is 18.7 Å². The molecule has 2 rings (SSSR count). The van der Waals surface area contributed by atoms with Gasteiger partial charge in [0.15, 0.2) is 0 Å². The number of benzene rings is 1. The van der Waals surface area contributed by atoms with Crippen molar-refractivity contribution in [3.63, 3.8) is 0 Å². The molecule has 0 radical (unpaired) electrons. The average Bonchev–Trinajstić information content (AvgIpc) is 2.82. The lowest BCUT2D eigenvalue weighted by molar-refractivity contribution is -0.146. The molecule has 3 N–H and O–H groups in total. The van der Waals surface area contributed by atoms with Crippen LogP contribution in [0.2, 0.25) is 0 Å². The number of hydroxylamine groups is 1. The first-order valence-electron chi connectivity index (χ1n) is 11.6. The van der Waals surface area contributed by atoms with Crippen molar-refractivity contribution in [3.05, 3.63) is 24.3 Å². The van der Waals surface area contributed by atoms with Crippen LogP contribution in [-0.2, 0) is 19.6 Å². The lowest BCUT2D eigenvalue weighted by Gasteiger charge is -2.34. The van der Waals surface area contributed by atoms with Gasteiger partial charge >= 0.3 is 0 Å². The van der Waals surface area contributed by atoms with Gasteiger partial charge in [-0.25, -0.2) is 18.6 Å². The number of nitrogens with one attached hydrogen (secondary N) is 2. The Morgan fingerprint density at radius 2 is 1.73 bits per heavy atom. The van der Waals surface area contributed by atoms with Crippen LogP contribution in [0.3, 0.4) is 0 Å². The zero-order valence-corrected chi connectivity index (χ0v) is 20.6. The van der Waals surface area contributed by atoms with Gasteiger partial charge in [-0.2, -0.15) is 0 Å². The van der Waals surface area contributed by atoms with E-state index < -0.39 is 27.8 Å². The first-order valence-corrected chi connectivity index (χ1v) is 13.0. The number of amides is 2. The Labute approximate surface area is 196 Å². The van der Waals surface area contributed by atoms with Crippen LogP contribution in [0.25, 0.3) is 0 Å². The van der Waals surface area contributed by atoms with E-state index in [2.05, 4.69) is 4.72 Å². The summed E-state index contributed by atoms with van der Waals surface area (Å²) in [5.74, 6) is -1.22. The zero-order chi connectivity index (χ0) is 24.4. The minimum Gasteiger partial charge on any atom is -0.497 e. The molecule has 0 spiro atoms. The Morgan fingerprint density at radius 3 is 2.27 bits per heavy atom.